The van der Waals surface area contributed by atoms with Gasteiger partial charge in [0.05, 0.1) is 11.5 Å². The summed E-state index contributed by atoms with van der Waals surface area (Å²) in [6, 6.07) is 4.43. The first-order valence-electron chi connectivity index (χ1n) is 7.13. The van der Waals surface area contributed by atoms with E-state index in [0.29, 0.717) is 24.4 Å². The predicted octanol–water partition coefficient (Wildman–Crippen LogP) is 4.09. The molecule has 6 heteroatoms. The Bertz CT molecular complexity index is 434. The number of nitrogens with zero attached hydrogens (tertiary/aromatic N) is 1. The molecule has 6 nitrogen and oxygen atoms in total. The molecule has 0 aromatic heterocycles. The van der Waals surface area contributed by atoms with E-state index in [0.717, 1.165) is 0 Å². The van der Waals surface area contributed by atoms with Gasteiger partial charge in [-0.1, -0.05) is 27.7 Å². The highest BCUT2D eigenvalue weighted by Gasteiger charge is 2.11. The lowest BCUT2D eigenvalue weighted by atomic mass is 10.1. The molecule has 0 aliphatic heterocycles. The second-order valence-electron chi connectivity index (χ2n) is 3.53. The molecule has 0 fully saturated rings. The number of benzene rings is 1. The van der Waals surface area contributed by atoms with E-state index in [1.54, 1.807) is 20.1 Å². The highest BCUT2D eigenvalue weighted by atomic mass is 16.6. The van der Waals surface area contributed by atoms with E-state index in [2.05, 4.69) is 5.32 Å². The average Bonchev–Trinajstić information content (AvgIpc) is 2.51. The molecule has 1 rings (SSSR count). The Labute approximate surface area is 127 Å². The van der Waals surface area contributed by atoms with Gasteiger partial charge in [0, 0.05) is 42.7 Å². The predicted molar refractivity (Wildman–Crippen MR) is 88.7 cm³/mol. The van der Waals surface area contributed by atoms with E-state index in [4.69, 9.17) is 10.1 Å². The normalized spacial score (nSPS) is 8.67. The van der Waals surface area contributed by atoms with Crippen molar-refractivity contribution in [3.05, 3.63) is 33.9 Å². The fourth-order valence-electron chi connectivity index (χ4n) is 1.40. The van der Waals surface area contributed by atoms with Crippen molar-refractivity contribution in [2.24, 2.45) is 0 Å². The van der Waals surface area contributed by atoms with Crippen molar-refractivity contribution in [2.75, 3.05) is 25.6 Å². The van der Waals surface area contributed by atoms with Gasteiger partial charge in [0.25, 0.3) is 5.69 Å². The van der Waals surface area contributed by atoms with Crippen molar-refractivity contribution in [3.8, 4) is 0 Å². The highest BCUT2D eigenvalue weighted by molar-refractivity contribution is 6.02. The largest absolute Gasteiger partial charge is 0.383 e. The molecule has 120 valence electrons. The Morgan fingerprint density at radius 1 is 1.33 bits per heavy atom. The monoisotopic (exact) mass is 297 g/mol. The van der Waals surface area contributed by atoms with Gasteiger partial charge in [-0.3, -0.25) is 10.1 Å². The molecule has 0 aliphatic rings. The number of nitro benzene ring substituents is 1. The highest BCUT2D eigenvalue weighted by Crippen LogP contribution is 2.22. The van der Waals surface area contributed by atoms with Crippen LogP contribution in [0.4, 0.5) is 11.4 Å². The second kappa shape index (κ2) is 13.1. The summed E-state index contributed by atoms with van der Waals surface area (Å²) in [4.78, 5) is 10.2. The molecule has 0 saturated heterocycles. The Balaban J connectivity index is 0. The number of methoxy groups -OCH3 is 1. The summed E-state index contributed by atoms with van der Waals surface area (Å²) in [6.45, 7) is 10.7. The molecule has 0 spiro atoms. The zero-order valence-corrected chi connectivity index (χ0v) is 13.8. The summed E-state index contributed by atoms with van der Waals surface area (Å²) in [6.07, 6.45) is 0. The number of nitrogens with one attached hydrogen (secondary N) is 2. The van der Waals surface area contributed by atoms with Gasteiger partial charge in [-0.25, -0.2) is 0 Å². The van der Waals surface area contributed by atoms with Crippen LogP contribution >= 0.6 is 0 Å². The van der Waals surface area contributed by atoms with Crippen molar-refractivity contribution in [1.29, 1.82) is 5.41 Å². The topological polar surface area (TPSA) is 88.2 Å². The van der Waals surface area contributed by atoms with Gasteiger partial charge in [0.2, 0.25) is 0 Å². The van der Waals surface area contributed by atoms with Crippen LogP contribution in [-0.2, 0) is 4.74 Å². The van der Waals surface area contributed by atoms with E-state index in [-0.39, 0.29) is 11.4 Å². The third-order valence-electron chi connectivity index (χ3n) is 2.24. The maximum absolute atomic E-state index is 10.6. The quantitative estimate of drug-likeness (QED) is 0.358. The summed E-state index contributed by atoms with van der Waals surface area (Å²) in [5, 5.41) is 21.3. The number of rotatable bonds is 6. The first-order chi connectivity index (χ1) is 10.1. The zero-order valence-electron chi connectivity index (χ0n) is 13.8. The third-order valence-corrected chi connectivity index (χ3v) is 2.24. The molecule has 1 aromatic carbocycles. The van der Waals surface area contributed by atoms with E-state index < -0.39 is 4.92 Å². The van der Waals surface area contributed by atoms with Crippen molar-refractivity contribution < 1.29 is 9.66 Å². The Kier molecular flexibility index (Phi) is 13.3. The van der Waals surface area contributed by atoms with E-state index in [1.807, 2.05) is 27.7 Å². The molecule has 0 amide bonds. The lowest BCUT2D eigenvalue weighted by Crippen LogP contribution is -2.10. The van der Waals surface area contributed by atoms with E-state index in [1.165, 1.54) is 12.1 Å². The SMILES string of the molecule is CC.CC.COCCNc1ccc([N+](=O)[O-])cc1C(C)=N. The standard InChI is InChI=1S/C11H15N3O3.2C2H6/c1-8(12)10-7-9(14(15)16)3-4-11(10)13-5-6-17-2;2*1-2/h3-4,7,12-13H,5-6H2,1-2H3;2*1-2H3. The van der Waals surface area contributed by atoms with Crippen LogP contribution in [0.1, 0.15) is 40.2 Å². The van der Waals surface area contributed by atoms with Gasteiger partial charge in [-0.2, -0.15) is 0 Å². The van der Waals surface area contributed by atoms with Gasteiger partial charge < -0.3 is 15.5 Å². The number of hydrogen-bond acceptors (Lipinski definition) is 5. The Morgan fingerprint density at radius 3 is 2.33 bits per heavy atom. The maximum Gasteiger partial charge on any atom is 0.270 e. The summed E-state index contributed by atoms with van der Waals surface area (Å²) < 4.78 is 4.90. The molecular weight excluding hydrogens is 270 g/mol. The first kappa shape index (κ1) is 21.4. The smallest absolute Gasteiger partial charge is 0.270 e. The van der Waals surface area contributed by atoms with Crippen LogP contribution in [0.3, 0.4) is 0 Å². The summed E-state index contributed by atoms with van der Waals surface area (Å²) >= 11 is 0. The molecule has 21 heavy (non-hydrogen) atoms. The molecule has 1 aromatic rings. The number of anilines is 1. The lowest BCUT2D eigenvalue weighted by molar-refractivity contribution is -0.384. The fraction of sp³-hybridized carbons (Fsp3) is 0.533. The van der Waals surface area contributed by atoms with Crippen LogP contribution in [0.5, 0.6) is 0 Å². The van der Waals surface area contributed by atoms with Crippen LogP contribution in [0, 0.1) is 15.5 Å². The number of non-ortho nitro benzene ring substituents is 1. The average molecular weight is 297 g/mol. The van der Waals surface area contributed by atoms with Crippen LogP contribution in [-0.4, -0.2) is 30.9 Å². The maximum atomic E-state index is 10.6. The van der Waals surface area contributed by atoms with Crippen LogP contribution in [0.25, 0.3) is 0 Å². The van der Waals surface area contributed by atoms with Crippen molar-refractivity contribution in [2.45, 2.75) is 34.6 Å². The second-order valence-corrected chi connectivity index (χ2v) is 3.53. The van der Waals surface area contributed by atoms with E-state index in [9.17, 15) is 10.1 Å². The minimum absolute atomic E-state index is 0.0103. The molecule has 2 N–H and O–H groups in total. The molecule has 0 saturated carbocycles. The van der Waals surface area contributed by atoms with Crippen LogP contribution < -0.4 is 5.32 Å². The molecule has 0 unspecified atom stereocenters. The molecule has 0 atom stereocenters. The Morgan fingerprint density at radius 2 is 1.90 bits per heavy atom. The van der Waals surface area contributed by atoms with Gasteiger partial charge in [-0.15, -0.1) is 0 Å². The van der Waals surface area contributed by atoms with Crippen molar-refractivity contribution >= 4 is 17.1 Å². The van der Waals surface area contributed by atoms with Crippen molar-refractivity contribution in [1.82, 2.24) is 0 Å². The summed E-state index contributed by atoms with van der Waals surface area (Å²) in [5.74, 6) is 0. The van der Waals surface area contributed by atoms with Crippen molar-refractivity contribution in [3.63, 3.8) is 0 Å². The Hall–Kier alpha value is -1.95. The third kappa shape index (κ3) is 8.04. The fourth-order valence-corrected chi connectivity index (χ4v) is 1.40. The number of hydrogen-bond donors (Lipinski definition) is 2. The van der Waals surface area contributed by atoms with Gasteiger partial charge in [-0.05, 0) is 13.0 Å². The number of ether oxygens (including phenoxy) is 1. The minimum Gasteiger partial charge on any atom is -0.383 e. The molecule has 0 bridgehead atoms. The van der Waals surface area contributed by atoms with Crippen LogP contribution in [0.2, 0.25) is 0 Å². The molecule has 0 radical (unpaired) electrons. The van der Waals surface area contributed by atoms with Gasteiger partial charge in [0.1, 0.15) is 0 Å². The van der Waals surface area contributed by atoms with Gasteiger partial charge in [0.15, 0.2) is 0 Å². The lowest BCUT2D eigenvalue weighted by Gasteiger charge is -2.10. The molecule has 0 heterocycles. The summed E-state index contributed by atoms with van der Waals surface area (Å²) in [7, 11) is 1.60. The van der Waals surface area contributed by atoms with Crippen LogP contribution in [0.15, 0.2) is 18.2 Å². The summed E-state index contributed by atoms with van der Waals surface area (Å²) in [5.41, 5.74) is 1.52. The molecular formula is C15H27N3O3. The number of nitro groups is 1. The zero-order chi connectivity index (χ0) is 16.8. The minimum atomic E-state index is -0.467. The van der Waals surface area contributed by atoms with E-state index >= 15 is 0 Å². The molecule has 0 aliphatic carbocycles. The first-order valence-corrected chi connectivity index (χ1v) is 7.13. The van der Waals surface area contributed by atoms with Gasteiger partial charge >= 0.3 is 0 Å².